The van der Waals surface area contributed by atoms with Gasteiger partial charge in [0.15, 0.2) is 17.5 Å². The smallest absolute Gasteiger partial charge is 0.167 e. The third-order valence-electron chi connectivity index (χ3n) is 11.1. The van der Waals surface area contributed by atoms with Crippen molar-refractivity contribution in [1.29, 1.82) is 0 Å². The van der Waals surface area contributed by atoms with E-state index in [0.29, 0.717) is 17.5 Å². The van der Waals surface area contributed by atoms with Crippen molar-refractivity contribution >= 4 is 75.3 Å². The molecule has 4 heterocycles. The molecule has 6 heteroatoms. The Morgan fingerprint density at radius 1 is 0.404 bits per heavy atom. The maximum Gasteiger partial charge on any atom is 0.167 e. The number of aromatic nitrogens is 4. The fourth-order valence-corrected chi connectivity index (χ4v) is 9.55. The van der Waals surface area contributed by atoms with Gasteiger partial charge >= 0.3 is 0 Å². The number of benzene rings is 8. The lowest BCUT2D eigenvalue weighted by Gasteiger charge is -2.10. The normalized spacial score (nSPS) is 11.9. The maximum absolute atomic E-state index is 6.78. The molecule has 57 heavy (non-hydrogen) atoms. The first-order valence-electron chi connectivity index (χ1n) is 19.0. The number of furan rings is 1. The van der Waals surface area contributed by atoms with E-state index >= 15 is 0 Å². The van der Waals surface area contributed by atoms with Gasteiger partial charge in [-0.1, -0.05) is 127 Å². The van der Waals surface area contributed by atoms with E-state index in [2.05, 4.69) is 120 Å². The summed E-state index contributed by atoms with van der Waals surface area (Å²) in [6, 6.07) is 63.8. The lowest BCUT2D eigenvalue weighted by molar-refractivity contribution is 0.669. The van der Waals surface area contributed by atoms with Crippen LogP contribution in [0.1, 0.15) is 0 Å². The van der Waals surface area contributed by atoms with E-state index in [9.17, 15) is 0 Å². The molecule has 0 aliphatic heterocycles. The molecular formula is C51H30N4OS. The minimum Gasteiger partial charge on any atom is -0.455 e. The Hall–Kier alpha value is -7.41. The van der Waals surface area contributed by atoms with Crippen LogP contribution in [0, 0.1) is 0 Å². The maximum atomic E-state index is 6.78. The second-order valence-electron chi connectivity index (χ2n) is 14.4. The highest BCUT2D eigenvalue weighted by Crippen LogP contribution is 2.43. The molecule has 8 aromatic carbocycles. The van der Waals surface area contributed by atoms with Gasteiger partial charge in [0.05, 0.1) is 22.3 Å². The summed E-state index contributed by atoms with van der Waals surface area (Å²) >= 11 is 1.84. The van der Waals surface area contributed by atoms with E-state index in [1.165, 1.54) is 47.7 Å². The van der Waals surface area contributed by atoms with Crippen LogP contribution >= 0.6 is 11.3 Å². The first kappa shape index (κ1) is 31.9. The quantitative estimate of drug-likeness (QED) is 0.176. The van der Waals surface area contributed by atoms with Gasteiger partial charge in [-0.05, 0) is 65.7 Å². The summed E-state index contributed by atoms with van der Waals surface area (Å²) < 4.78 is 11.7. The summed E-state index contributed by atoms with van der Waals surface area (Å²) in [5.74, 6) is 1.81. The number of hydrogen-bond acceptors (Lipinski definition) is 5. The molecule has 0 aliphatic carbocycles. The van der Waals surface area contributed by atoms with Crippen LogP contribution in [0.2, 0.25) is 0 Å². The van der Waals surface area contributed by atoms with Crippen molar-refractivity contribution < 1.29 is 4.42 Å². The van der Waals surface area contributed by atoms with E-state index < -0.39 is 0 Å². The van der Waals surface area contributed by atoms with Crippen molar-refractivity contribution in [2.75, 3.05) is 0 Å². The van der Waals surface area contributed by atoms with Crippen molar-refractivity contribution in [2.45, 2.75) is 0 Å². The van der Waals surface area contributed by atoms with E-state index in [0.717, 1.165) is 49.8 Å². The molecule has 4 aromatic heterocycles. The van der Waals surface area contributed by atoms with Crippen molar-refractivity contribution in [1.82, 2.24) is 19.5 Å². The molecule has 0 aliphatic rings. The Morgan fingerprint density at radius 2 is 1.00 bits per heavy atom. The van der Waals surface area contributed by atoms with Crippen molar-refractivity contribution in [2.24, 2.45) is 0 Å². The zero-order valence-electron chi connectivity index (χ0n) is 30.4. The Balaban J connectivity index is 1.01. The third kappa shape index (κ3) is 5.04. The highest BCUT2D eigenvalue weighted by atomic mass is 32.1. The molecule has 0 spiro atoms. The molecule has 0 saturated heterocycles. The predicted molar refractivity (Wildman–Crippen MR) is 236 cm³/mol. The summed E-state index contributed by atoms with van der Waals surface area (Å²) in [7, 11) is 0. The second kappa shape index (κ2) is 12.6. The number of nitrogens with zero attached hydrogens (tertiary/aromatic N) is 4. The van der Waals surface area contributed by atoms with Crippen LogP contribution in [0.3, 0.4) is 0 Å². The van der Waals surface area contributed by atoms with E-state index in [4.69, 9.17) is 19.4 Å². The molecule has 0 N–H and O–H groups in total. The van der Waals surface area contributed by atoms with Crippen LogP contribution in [0.15, 0.2) is 186 Å². The van der Waals surface area contributed by atoms with Gasteiger partial charge in [0.2, 0.25) is 0 Å². The fourth-order valence-electron chi connectivity index (χ4n) is 8.44. The van der Waals surface area contributed by atoms with E-state index in [1.807, 2.05) is 78.1 Å². The molecular weight excluding hydrogens is 717 g/mol. The lowest BCUT2D eigenvalue weighted by Crippen LogP contribution is -2.00. The van der Waals surface area contributed by atoms with Crippen LogP contribution in [0.25, 0.3) is 115 Å². The van der Waals surface area contributed by atoms with Gasteiger partial charge in [0, 0.05) is 52.8 Å². The predicted octanol–water partition coefficient (Wildman–Crippen LogP) is 13.9. The molecule has 12 aromatic rings. The SMILES string of the molecule is c1ccc(-c2nc(-c3ccccc3)nc(-c3cccc4c3oc3cc(-c5ccc6sc7cccc(-n8c9ccccc9c9ccccc98)c7c6c5)ccc34)n2)cc1. The summed E-state index contributed by atoms with van der Waals surface area (Å²) in [5.41, 5.74) is 10.1. The minimum absolute atomic E-state index is 0.571. The zero-order chi connectivity index (χ0) is 37.5. The highest BCUT2D eigenvalue weighted by molar-refractivity contribution is 7.25. The van der Waals surface area contributed by atoms with Crippen LogP contribution in [-0.4, -0.2) is 19.5 Å². The van der Waals surface area contributed by atoms with Crippen LogP contribution in [0.5, 0.6) is 0 Å². The molecule has 0 unspecified atom stereocenters. The average Bonchev–Trinajstić information content (AvgIpc) is 3.96. The molecule has 0 fully saturated rings. The molecule has 0 radical (unpaired) electrons. The average molecular weight is 747 g/mol. The van der Waals surface area contributed by atoms with Gasteiger partial charge in [-0.15, -0.1) is 11.3 Å². The van der Waals surface area contributed by atoms with Crippen LogP contribution in [-0.2, 0) is 0 Å². The van der Waals surface area contributed by atoms with Crippen molar-refractivity contribution in [3.63, 3.8) is 0 Å². The third-order valence-corrected chi connectivity index (χ3v) is 12.2. The first-order valence-corrected chi connectivity index (χ1v) is 19.8. The summed E-state index contributed by atoms with van der Waals surface area (Å²) in [6.45, 7) is 0. The second-order valence-corrected chi connectivity index (χ2v) is 15.5. The van der Waals surface area contributed by atoms with E-state index in [1.54, 1.807) is 0 Å². The Labute approximate surface area is 330 Å². The van der Waals surface area contributed by atoms with Gasteiger partial charge in [-0.3, -0.25) is 0 Å². The molecule has 266 valence electrons. The highest BCUT2D eigenvalue weighted by Gasteiger charge is 2.20. The fraction of sp³-hybridized carbons (Fsp3) is 0. The molecule has 5 nitrogen and oxygen atoms in total. The lowest BCUT2D eigenvalue weighted by atomic mass is 10.0. The van der Waals surface area contributed by atoms with Gasteiger partial charge in [-0.25, -0.2) is 15.0 Å². The van der Waals surface area contributed by atoms with E-state index in [-0.39, 0.29) is 0 Å². The Bertz CT molecular complexity index is 3420. The number of fused-ring (bicyclic) bond motifs is 9. The van der Waals surface area contributed by atoms with Crippen molar-refractivity contribution in [3.8, 4) is 51.0 Å². The summed E-state index contributed by atoms with van der Waals surface area (Å²) in [5, 5.41) is 7.10. The van der Waals surface area contributed by atoms with Crippen LogP contribution < -0.4 is 0 Å². The van der Waals surface area contributed by atoms with Gasteiger partial charge < -0.3 is 8.98 Å². The first-order chi connectivity index (χ1) is 28.2. The van der Waals surface area contributed by atoms with Crippen molar-refractivity contribution in [3.05, 3.63) is 182 Å². The number of hydrogen-bond donors (Lipinski definition) is 0. The molecule has 0 saturated carbocycles. The molecule has 0 atom stereocenters. The Morgan fingerprint density at radius 3 is 1.72 bits per heavy atom. The molecule has 0 amide bonds. The zero-order valence-corrected chi connectivity index (χ0v) is 31.2. The monoisotopic (exact) mass is 746 g/mol. The molecule has 12 rings (SSSR count). The number of rotatable bonds is 5. The summed E-state index contributed by atoms with van der Waals surface area (Å²) in [4.78, 5) is 14.9. The van der Waals surface area contributed by atoms with Gasteiger partial charge in [0.1, 0.15) is 11.2 Å². The number of thiophene rings is 1. The number of para-hydroxylation sites is 3. The minimum atomic E-state index is 0.571. The standard InChI is InChI=1S/C51H30N4OS/c1-3-13-31(14-4-1)49-52-50(32-15-5-2-6-16-32)54-51(53-49)39-20-11-19-38-37-27-25-34(30-44(37)56-48(38)39)33-26-28-45-40(29-33)47-43(23-12-24-46(47)57-45)55-41-21-9-7-17-35(41)36-18-8-10-22-42(36)55/h1-30H. The van der Waals surface area contributed by atoms with Gasteiger partial charge in [0.25, 0.3) is 0 Å². The Kier molecular flexibility index (Phi) is 7.03. The molecule has 0 bridgehead atoms. The summed E-state index contributed by atoms with van der Waals surface area (Å²) in [6.07, 6.45) is 0. The van der Waals surface area contributed by atoms with Gasteiger partial charge in [-0.2, -0.15) is 0 Å². The largest absolute Gasteiger partial charge is 0.455 e. The topological polar surface area (TPSA) is 56.7 Å². The van der Waals surface area contributed by atoms with Crippen LogP contribution in [0.4, 0.5) is 0 Å².